The normalized spacial score (nSPS) is 13.0. The molecule has 0 amide bonds. The fourth-order valence-corrected chi connectivity index (χ4v) is 6.70. The zero-order chi connectivity index (χ0) is 26.2. The van der Waals surface area contributed by atoms with Gasteiger partial charge in [0.25, 0.3) is 0 Å². The van der Waals surface area contributed by atoms with Gasteiger partial charge in [0.05, 0.1) is 11.2 Å². The molecular formula is C34H28BO2S. The van der Waals surface area contributed by atoms with Crippen molar-refractivity contribution < 1.29 is 9.76 Å². The Balaban J connectivity index is 1.59. The van der Waals surface area contributed by atoms with E-state index in [4.69, 9.17) is 4.65 Å². The second-order valence-electron chi connectivity index (χ2n) is 11.3. The number of rotatable bonds is 4. The van der Waals surface area contributed by atoms with Gasteiger partial charge < -0.3 is 9.76 Å². The summed E-state index contributed by atoms with van der Waals surface area (Å²) in [5.74, 6) is 0. The Morgan fingerprint density at radius 2 is 1.13 bits per heavy atom. The number of benzene rings is 6. The average Bonchev–Trinajstić information content (AvgIpc) is 3.26. The molecule has 4 heteroatoms. The fraction of sp³-hybridized carbons (Fsp3) is 0.176. The van der Waals surface area contributed by atoms with Crippen LogP contribution in [0.5, 0.6) is 0 Å². The molecule has 185 valence electrons. The smallest absolute Gasteiger partial charge is 0.332 e. The largest absolute Gasteiger partial charge is 0.427 e. The van der Waals surface area contributed by atoms with Gasteiger partial charge in [-0.1, -0.05) is 72.8 Å². The van der Waals surface area contributed by atoms with Crippen LogP contribution in [0.15, 0.2) is 91.0 Å². The van der Waals surface area contributed by atoms with Crippen LogP contribution in [0.1, 0.15) is 27.7 Å². The van der Waals surface area contributed by atoms with Crippen molar-refractivity contribution in [2.45, 2.75) is 38.9 Å². The van der Waals surface area contributed by atoms with E-state index in [-0.39, 0.29) is 0 Å². The molecule has 1 heterocycles. The molecule has 0 spiro atoms. The summed E-state index contributed by atoms with van der Waals surface area (Å²) < 4.78 is 8.86. The van der Waals surface area contributed by atoms with Gasteiger partial charge in [0.15, 0.2) is 0 Å². The third-order valence-electron chi connectivity index (χ3n) is 8.33. The minimum atomic E-state index is -1.000. The molecule has 1 radical (unpaired) electrons. The number of hydrogen-bond acceptors (Lipinski definition) is 3. The minimum absolute atomic E-state index is 0.760. The van der Waals surface area contributed by atoms with Gasteiger partial charge in [-0.15, -0.1) is 11.3 Å². The van der Waals surface area contributed by atoms with Crippen LogP contribution in [-0.4, -0.2) is 23.8 Å². The van der Waals surface area contributed by atoms with Crippen LogP contribution in [0.3, 0.4) is 0 Å². The monoisotopic (exact) mass is 511 g/mol. The summed E-state index contributed by atoms with van der Waals surface area (Å²) in [6, 6.07) is 33.0. The summed E-state index contributed by atoms with van der Waals surface area (Å²) >= 11 is 1.83. The minimum Gasteiger partial charge on any atom is -0.427 e. The number of thiophene rings is 1. The van der Waals surface area contributed by atoms with Crippen molar-refractivity contribution in [2.75, 3.05) is 0 Å². The summed E-state index contributed by atoms with van der Waals surface area (Å²) in [7, 11) is 1.87. The van der Waals surface area contributed by atoms with Crippen molar-refractivity contribution in [1.29, 1.82) is 0 Å². The second kappa shape index (κ2) is 8.28. The maximum Gasteiger partial charge on any atom is 0.332 e. The molecular weight excluding hydrogens is 483 g/mol. The van der Waals surface area contributed by atoms with Crippen molar-refractivity contribution in [2.24, 2.45) is 0 Å². The van der Waals surface area contributed by atoms with E-state index in [0.29, 0.717) is 0 Å². The highest BCUT2D eigenvalue weighted by atomic mass is 32.1. The van der Waals surface area contributed by atoms with Crippen LogP contribution < -0.4 is 5.46 Å². The van der Waals surface area contributed by atoms with Crippen molar-refractivity contribution >= 4 is 87.5 Å². The lowest BCUT2D eigenvalue weighted by Gasteiger charge is -2.37. The highest BCUT2D eigenvalue weighted by Crippen LogP contribution is 2.42. The first kappa shape index (κ1) is 23.7. The van der Waals surface area contributed by atoms with E-state index in [1.54, 1.807) is 13.8 Å². The summed E-state index contributed by atoms with van der Waals surface area (Å²) in [4.78, 5) is 0. The molecule has 0 unspecified atom stereocenters. The van der Waals surface area contributed by atoms with E-state index in [0.717, 1.165) is 10.8 Å². The van der Waals surface area contributed by atoms with Crippen LogP contribution >= 0.6 is 11.3 Å². The van der Waals surface area contributed by atoms with Crippen LogP contribution in [0.25, 0.3) is 63.3 Å². The summed E-state index contributed by atoms with van der Waals surface area (Å²) in [6.07, 6.45) is 0. The second-order valence-corrected chi connectivity index (χ2v) is 12.4. The molecule has 38 heavy (non-hydrogen) atoms. The van der Waals surface area contributed by atoms with E-state index >= 15 is 0 Å². The van der Waals surface area contributed by atoms with E-state index in [9.17, 15) is 5.11 Å². The average molecular weight is 511 g/mol. The van der Waals surface area contributed by atoms with Crippen molar-refractivity contribution in [3.8, 4) is 0 Å². The third-order valence-corrected chi connectivity index (χ3v) is 9.43. The highest BCUT2D eigenvalue weighted by Gasteiger charge is 2.36. The fourth-order valence-electron chi connectivity index (χ4n) is 5.51. The van der Waals surface area contributed by atoms with Crippen molar-refractivity contribution in [3.63, 3.8) is 0 Å². The third kappa shape index (κ3) is 3.48. The molecule has 0 atom stereocenters. The van der Waals surface area contributed by atoms with E-state index in [1.807, 2.05) is 32.7 Å². The Morgan fingerprint density at radius 3 is 1.74 bits per heavy atom. The van der Waals surface area contributed by atoms with Crippen LogP contribution in [0, 0.1) is 0 Å². The van der Waals surface area contributed by atoms with Gasteiger partial charge in [-0.25, -0.2) is 0 Å². The van der Waals surface area contributed by atoms with E-state index < -0.39 is 11.2 Å². The maximum absolute atomic E-state index is 10.7. The van der Waals surface area contributed by atoms with E-state index in [1.165, 1.54) is 57.9 Å². The predicted molar refractivity (Wildman–Crippen MR) is 166 cm³/mol. The summed E-state index contributed by atoms with van der Waals surface area (Å²) in [5.41, 5.74) is -0.699. The van der Waals surface area contributed by atoms with Gasteiger partial charge in [0.1, 0.15) is 0 Å². The lowest BCUT2D eigenvalue weighted by molar-refractivity contribution is -0.0892. The van der Waals surface area contributed by atoms with Gasteiger partial charge in [0.2, 0.25) is 0 Å². The molecule has 1 aromatic heterocycles. The first-order valence-electron chi connectivity index (χ1n) is 13.1. The molecule has 0 aliphatic rings. The van der Waals surface area contributed by atoms with Gasteiger partial charge in [-0.3, -0.25) is 0 Å². The van der Waals surface area contributed by atoms with E-state index in [2.05, 4.69) is 91.0 Å². The number of aliphatic hydroxyl groups is 1. The molecule has 0 saturated heterocycles. The zero-order valence-electron chi connectivity index (χ0n) is 22.0. The van der Waals surface area contributed by atoms with Gasteiger partial charge >= 0.3 is 7.48 Å². The van der Waals surface area contributed by atoms with Crippen LogP contribution in [0.4, 0.5) is 0 Å². The Kier molecular flexibility index (Phi) is 5.16. The van der Waals surface area contributed by atoms with Gasteiger partial charge in [-0.2, -0.15) is 0 Å². The first-order chi connectivity index (χ1) is 18.2. The molecule has 0 saturated carbocycles. The molecule has 2 nitrogen and oxygen atoms in total. The molecule has 7 rings (SSSR count). The Bertz CT molecular complexity index is 2050. The number of fused-ring (bicyclic) bond motifs is 10. The van der Waals surface area contributed by atoms with Crippen molar-refractivity contribution in [3.05, 3.63) is 91.0 Å². The molecule has 0 bridgehead atoms. The quantitative estimate of drug-likeness (QED) is 0.190. The predicted octanol–water partition coefficient (Wildman–Crippen LogP) is 8.48. The summed E-state index contributed by atoms with van der Waals surface area (Å²) in [5, 5.41) is 23.2. The zero-order valence-corrected chi connectivity index (χ0v) is 22.8. The number of hydrogen-bond donors (Lipinski definition) is 1. The van der Waals surface area contributed by atoms with Gasteiger partial charge in [0, 0.05) is 14.8 Å². The highest BCUT2D eigenvalue weighted by molar-refractivity contribution is 7.26. The topological polar surface area (TPSA) is 29.5 Å². The lowest BCUT2D eigenvalue weighted by atomic mass is 9.78. The SMILES string of the molecule is CC(C)(O)C(C)(C)O[B]c1c2ccccc2cc2sc3cc4c5ccccc5c5ccccc5c4cc3c12. The molecule has 0 fully saturated rings. The molecule has 0 aliphatic heterocycles. The lowest BCUT2D eigenvalue weighted by Crippen LogP contribution is -2.49. The molecule has 0 aliphatic carbocycles. The summed E-state index contributed by atoms with van der Waals surface area (Å²) in [6.45, 7) is 7.45. The Hall–Kier alpha value is -3.44. The Morgan fingerprint density at radius 1 is 0.605 bits per heavy atom. The standard InChI is InChI=1S/C34H28BO2S/c1-33(2,36)34(3,4)37-35-32-21-12-6-5-11-20(21)17-30-31(32)28-18-26-24-15-9-7-13-22(24)23-14-8-10-16-25(23)27(26)19-29(28)38-30/h5-19,36H,1-4H3. The Labute approximate surface area is 226 Å². The van der Waals surface area contributed by atoms with Crippen LogP contribution in [0.2, 0.25) is 0 Å². The van der Waals surface area contributed by atoms with Gasteiger partial charge in [-0.05, 0) is 99.8 Å². The molecule has 7 aromatic rings. The molecule has 1 N–H and O–H groups in total. The van der Waals surface area contributed by atoms with Crippen molar-refractivity contribution in [1.82, 2.24) is 0 Å². The van der Waals surface area contributed by atoms with Crippen LogP contribution in [-0.2, 0) is 4.65 Å². The maximum atomic E-state index is 10.7. The first-order valence-corrected chi connectivity index (χ1v) is 13.9. The molecule has 6 aromatic carbocycles.